The Balaban J connectivity index is 0.000000400. The standard InChI is InChI=1S/C14H28O4.C6H6/c1-12(2,3)15-17-14(10-8-7-9-11-14)18-16-13(4,5)6;1-2-4-6-5-3-1/h7-11H2,1-6H3;1-6H. The van der Waals surface area contributed by atoms with Crippen molar-refractivity contribution in [2.45, 2.75) is 90.6 Å². The fraction of sp³-hybridized carbons (Fsp3) is 0.700. The van der Waals surface area contributed by atoms with Gasteiger partial charge >= 0.3 is 0 Å². The molecular formula is C20H34O4. The molecule has 4 heteroatoms. The number of rotatable bonds is 4. The van der Waals surface area contributed by atoms with E-state index < -0.39 is 5.79 Å². The van der Waals surface area contributed by atoms with Crippen molar-refractivity contribution in [2.24, 2.45) is 0 Å². The third-order valence-electron chi connectivity index (χ3n) is 3.17. The van der Waals surface area contributed by atoms with E-state index in [1.54, 1.807) is 0 Å². The molecule has 4 nitrogen and oxygen atoms in total. The van der Waals surface area contributed by atoms with Gasteiger partial charge in [0.25, 0.3) is 0 Å². The van der Waals surface area contributed by atoms with Gasteiger partial charge in [-0.3, -0.25) is 0 Å². The molecule has 0 spiro atoms. The van der Waals surface area contributed by atoms with Crippen molar-refractivity contribution in [1.82, 2.24) is 0 Å². The van der Waals surface area contributed by atoms with E-state index >= 15 is 0 Å². The highest BCUT2D eigenvalue weighted by atomic mass is 17.3. The molecule has 0 saturated heterocycles. The van der Waals surface area contributed by atoms with Crippen molar-refractivity contribution in [2.75, 3.05) is 0 Å². The van der Waals surface area contributed by atoms with Crippen LogP contribution in [-0.4, -0.2) is 17.0 Å². The summed E-state index contributed by atoms with van der Waals surface area (Å²) in [5.74, 6) is -0.751. The van der Waals surface area contributed by atoms with Crippen LogP contribution in [0.25, 0.3) is 0 Å². The molecule has 1 fully saturated rings. The molecule has 1 saturated carbocycles. The number of hydrogen-bond acceptors (Lipinski definition) is 4. The second-order valence-electron chi connectivity index (χ2n) is 8.18. The first-order valence-electron chi connectivity index (χ1n) is 8.86. The second kappa shape index (κ2) is 9.52. The molecule has 0 unspecified atom stereocenters. The van der Waals surface area contributed by atoms with E-state index in [1.807, 2.05) is 77.9 Å². The smallest absolute Gasteiger partial charge is 0.228 e. The summed E-state index contributed by atoms with van der Waals surface area (Å²) in [6.45, 7) is 11.7. The average Bonchev–Trinajstić information content (AvgIpc) is 2.53. The van der Waals surface area contributed by atoms with E-state index in [-0.39, 0.29) is 11.2 Å². The van der Waals surface area contributed by atoms with Crippen molar-refractivity contribution >= 4 is 0 Å². The molecular weight excluding hydrogens is 304 g/mol. The van der Waals surface area contributed by atoms with Crippen molar-refractivity contribution < 1.29 is 19.6 Å². The first kappa shape index (κ1) is 21.1. The summed E-state index contributed by atoms with van der Waals surface area (Å²) >= 11 is 0. The fourth-order valence-electron chi connectivity index (χ4n) is 2.06. The molecule has 0 N–H and O–H groups in total. The van der Waals surface area contributed by atoms with E-state index in [2.05, 4.69) is 0 Å². The van der Waals surface area contributed by atoms with E-state index in [0.29, 0.717) is 0 Å². The SMILES string of the molecule is CC(C)(C)OOC1(OOC(C)(C)C)CCCCC1.c1ccccc1. The van der Waals surface area contributed by atoms with Crippen LogP contribution in [0.1, 0.15) is 73.6 Å². The monoisotopic (exact) mass is 338 g/mol. The summed E-state index contributed by atoms with van der Waals surface area (Å²) in [4.78, 5) is 22.0. The van der Waals surface area contributed by atoms with Gasteiger partial charge in [0.05, 0.1) is 11.2 Å². The summed E-state index contributed by atoms with van der Waals surface area (Å²) in [7, 11) is 0. The predicted octanol–water partition coefficient (Wildman–Crippen LogP) is 5.83. The Labute approximate surface area is 147 Å². The maximum atomic E-state index is 5.58. The Morgan fingerprint density at radius 1 is 0.583 bits per heavy atom. The van der Waals surface area contributed by atoms with Gasteiger partial charge in [0.2, 0.25) is 5.79 Å². The Bertz CT molecular complexity index is 378. The molecule has 1 aliphatic carbocycles. The van der Waals surface area contributed by atoms with Gasteiger partial charge in [-0.05, 0) is 54.4 Å². The molecule has 1 aliphatic rings. The molecule has 1 aromatic carbocycles. The van der Waals surface area contributed by atoms with Crippen molar-refractivity contribution in [1.29, 1.82) is 0 Å². The van der Waals surface area contributed by atoms with Gasteiger partial charge in [0.15, 0.2) is 0 Å². The van der Waals surface area contributed by atoms with Crippen molar-refractivity contribution in [3.63, 3.8) is 0 Å². The van der Waals surface area contributed by atoms with E-state index in [4.69, 9.17) is 19.6 Å². The van der Waals surface area contributed by atoms with Crippen LogP contribution in [0.4, 0.5) is 0 Å². The van der Waals surface area contributed by atoms with Gasteiger partial charge in [-0.15, -0.1) is 0 Å². The Morgan fingerprint density at radius 2 is 0.917 bits per heavy atom. The quantitative estimate of drug-likeness (QED) is 0.393. The number of hydrogen-bond donors (Lipinski definition) is 0. The van der Waals surface area contributed by atoms with Crippen LogP contribution in [0.2, 0.25) is 0 Å². The van der Waals surface area contributed by atoms with Crippen molar-refractivity contribution in [3.05, 3.63) is 36.4 Å². The van der Waals surface area contributed by atoms with Gasteiger partial charge in [0, 0.05) is 12.8 Å². The maximum absolute atomic E-state index is 5.58. The third kappa shape index (κ3) is 10.0. The highest BCUT2D eigenvalue weighted by molar-refractivity contribution is 4.99. The number of benzene rings is 1. The van der Waals surface area contributed by atoms with Crippen LogP contribution in [-0.2, 0) is 19.6 Å². The fourth-order valence-corrected chi connectivity index (χ4v) is 2.06. The molecule has 138 valence electrons. The molecule has 0 heterocycles. The Kier molecular flexibility index (Phi) is 8.37. The zero-order valence-electron chi connectivity index (χ0n) is 16.1. The summed E-state index contributed by atoms with van der Waals surface area (Å²) < 4.78 is 0. The molecule has 0 bridgehead atoms. The maximum Gasteiger partial charge on any atom is 0.234 e. The zero-order chi connectivity index (χ0) is 18.1. The minimum Gasteiger partial charge on any atom is -0.228 e. The minimum atomic E-state index is -0.751. The predicted molar refractivity (Wildman–Crippen MR) is 96.1 cm³/mol. The first-order chi connectivity index (χ1) is 11.1. The van der Waals surface area contributed by atoms with Crippen molar-refractivity contribution in [3.8, 4) is 0 Å². The summed E-state index contributed by atoms with van der Waals surface area (Å²) in [6, 6.07) is 12.0. The van der Waals surface area contributed by atoms with Crippen LogP contribution in [0.5, 0.6) is 0 Å². The third-order valence-corrected chi connectivity index (χ3v) is 3.17. The molecule has 0 amide bonds. The Hall–Kier alpha value is -0.940. The van der Waals surface area contributed by atoms with E-state index in [1.165, 1.54) is 6.42 Å². The lowest BCUT2D eigenvalue weighted by Gasteiger charge is -2.37. The van der Waals surface area contributed by atoms with Gasteiger partial charge in [-0.1, -0.05) is 42.8 Å². The van der Waals surface area contributed by atoms with Crippen LogP contribution in [0, 0.1) is 0 Å². The minimum absolute atomic E-state index is 0.352. The molecule has 1 aromatic rings. The molecule has 2 rings (SSSR count). The first-order valence-corrected chi connectivity index (χ1v) is 8.86. The normalized spacial score (nSPS) is 17.8. The highest BCUT2D eigenvalue weighted by Crippen LogP contribution is 2.35. The van der Waals surface area contributed by atoms with E-state index in [9.17, 15) is 0 Å². The van der Waals surface area contributed by atoms with Gasteiger partial charge in [-0.2, -0.15) is 9.78 Å². The lowest BCUT2D eigenvalue weighted by Crippen LogP contribution is -2.42. The van der Waals surface area contributed by atoms with E-state index in [0.717, 1.165) is 25.7 Å². The van der Waals surface area contributed by atoms with Crippen LogP contribution >= 0.6 is 0 Å². The lowest BCUT2D eigenvalue weighted by molar-refractivity contribution is -0.545. The highest BCUT2D eigenvalue weighted by Gasteiger charge is 2.39. The average molecular weight is 338 g/mol. The van der Waals surface area contributed by atoms with Crippen LogP contribution in [0.3, 0.4) is 0 Å². The Morgan fingerprint density at radius 3 is 1.21 bits per heavy atom. The molecule has 0 atom stereocenters. The van der Waals surface area contributed by atoms with Crippen LogP contribution in [0.15, 0.2) is 36.4 Å². The van der Waals surface area contributed by atoms with Crippen LogP contribution < -0.4 is 0 Å². The van der Waals surface area contributed by atoms with Gasteiger partial charge < -0.3 is 0 Å². The van der Waals surface area contributed by atoms with Gasteiger partial charge in [-0.25, -0.2) is 9.78 Å². The summed E-state index contributed by atoms with van der Waals surface area (Å²) in [5.41, 5.74) is -0.703. The molecule has 0 aromatic heterocycles. The second-order valence-corrected chi connectivity index (χ2v) is 8.18. The molecule has 0 aliphatic heterocycles. The summed E-state index contributed by atoms with van der Waals surface area (Å²) in [6.07, 6.45) is 4.96. The largest absolute Gasteiger partial charge is 0.234 e. The summed E-state index contributed by atoms with van der Waals surface area (Å²) in [5, 5.41) is 0. The molecule has 0 radical (unpaired) electrons. The lowest BCUT2D eigenvalue weighted by atomic mass is 9.94. The van der Waals surface area contributed by atoms with Gasteiger partial charge in [0.1, 0.15) is 0 Å². The molecule has 24 heavy (non-hydrogen) atoms. The topological polar surface area (TPSA) is 36.9 Å². The zero-order valence-corrected chi connectivity index (χ0v) is 16.1.